The number of nitrogen functional groups attached to an aromatic ring is 1. The van der Waals surface area contributed by atoms with E-state index in [0.717, 1.165) is 40.9 Å². The minimum Gasteiger partial charge on any atom is -0.396 e. The molecule has 4 aliphatic rings. The van der Waals surface area contributed by atoms with Gasteiger partial charge in [0.2, 0.25) is 0 Å². The molecule has 0 saturated heterocycles. The summed E-state index contributed by atoms with van der Waals surface area (Å²) in [6, 6.07) is 0. The average molecular weight is 257 g/mol. The van der Waals surface area contributed by atoms with E-state index in [9.17, 15) is 0 Å². The predicted molar refractivity (Wildman–Crippen MR) is 75.7 cm³/mol. The van der Waals surface area contributed by atoms with Crippen molar-refractivity contribution >= 4 is 5.69 Å². The highest BCUT2D eigenvalue weighted by Gasteiger charge is 2.49. The molecule has 4 saturated carbocycles. The molecule has 0 atom stereocenters. The van der Waals surface area contributed by atoms with Crippen LogP contribution in [0.15, 0.2) is 0 Å². The van der Waals surface area contributed by atoms with Crippen molar-refractivity contribution < 1.29 is 0 Å². The summed E-state index contributed by atoms with van der Waals surface area (Å²) in [6.45, 7) is 4.01. The van der Waals surface area contributed by atoms with Gasteiger partial charge >= 0.3 is 0 Å². The lowest BCUT2D eigenvalue weighted by molar-refractivity contribution is -0.00399. The number of aromatic nitrogens is 2. The molecular weight excluding hydrogens is 234 g/mol. The molecule has 1 heterocycles. The molecule has 4 bridgehead atoms. The van der Waals surface area contributed by atoms with E-state index in [0.29, 0.717) is 5.92 Å². The Bertz CT molecular complexity index is 495. The zero-order valence-corrected chi connectivity index (χ0v) is 11.9. The molecule has 0 amide bonds. The van der Waals surface area contributed by atoms with Crippen LogP contribution in [0.5, 0.6) is 0 Å². The first-order valence-corrected chi connectivity index (χ1v) is 7.72. The van der Waals surface area contributed by atoms with Gasteiger partial charge in [0.25, 0.3) is 0 Å². The Balaban J connectivity index is 1.77. The number of nitrogens with zero attached hydrogens (tertiary/aromatic N) is 2. The van der Waals surface area contributed by atoms with E-state index in [4.69, 9.17) is 10.7 Å². The van der Waals surface area contributed by atoms with Crippen molar-refractivity contribution in [2.75, 3.05) is 5.73 Å². The third-order valence-electron chi connectivity index (χ3n) is 5.82. The van der Waals surface area contributed by atoms with Crippen LogP contribution in [0.25, 0.3) is 0 Å². The van der Waals surface area contributed by atoms with Gasteiger partial charge in [0, 0.05) is 5.92 Å². The number of rotatable bonds is 1. The van der Waals surface area contributed by atoms with E-state index in [-0.39, 0.29) is 0 Å². The summed E-state index contributed by atoms with van der Waals surface area (Å²) < 4.78 is 0. The SMILES string of the molecule is Cc1nc(C)c(N)c(C2C3CC4CC(C3)CC2C4)n1. The van der Waals surface area contributed by atoms with Crippen LogP contribution in [-0.4, -0.2) is 9.97 Å². The molecule has 19 heavy (non-hydrogen) atoms. The highest BCUT2D eigenvalue weighted by Crippen LogP contribution is 2.60. The van der Waals surface area contributed by atoms with Gasteiger partial charge in [-0.15, -0.1) is 0 Å². The van der Waals surface area contributed by atoms with Gasteiger partial charge < -0.3 is 5.73 Å². The van der Waals surface area contributed by atoms with Gasteiger partial charge in [-0.05, 0) is 69.6 Å². The maximum atomic E-state index is 6.31. The quantitative estimate of drug-likeness (QED) is 0.840. The normalized spacial score (nSPS) is 39.8. The lowest BCUT2D eigenvalue weighted by Crippen LogP contribution is -2.44. The summed E-state index contributed by atoms with van der Waals surface area (Å²) in [4.78, 5) is 9.15. The average Bonchev–Trinajstić information content (AvgIpc) is 2.33. The van der Waals surface area contributed by atoms with E-state index >= 15 is 0 Å². The summed E-state index contributed by atoms with van der Waals surface area (Å²) in [7, 11) is 0. The molecule has 102 valence electrons. The number of hydrogen-bond donors (Lipinski definition) is 1. The highest BCUT2D eigenvalue weighted by atomic mass is 14.9. The molecule has 2 N–H and O–H groups in total. The monoisotopic (exact) mass is 257 g/mol. The van der Waals surface area contributed by atoms with Crippen LogP contribution >= 0.6 is 0 Å². The first-order valence-electron chi connectivity index (χ1n) is 7.72. The van der Waals surface area contributed by atoms with E-state index < -0.39 is 0 Å². The molecule has 0 aliphatic heterocycles. The summed E-state index contributed by atoms with van der Waals surface area (Å²) in [6.07, 6.45) is 7.16. The van der Waals surface area contributed by atoms with E-state index in [2.05, 4.69) is 4.98 Å². The molecule has 0 unspecified atom stereocenters. The highest BCUT2D eigenvalue weighted by molar-refractivity contribution is 5.49. The second-order valence-corrected chi connectivity index (χ2v) is 7.11. The fraction of sp³-hybridized carbons (Fsp3) is 0.750. The molecule has 0 aromatic carbocycles. The van der Waals surface area contributed by atoms with Gasteiger partial charge in [-0.1, -0.05) is 0 Å². The van der Waals surface area contributed by atoms with Crippen molar-refractivity contribution in [3.8, 4) is 0 Å². The molecule has 0 spiro atoms. The zero-order valence-electron chi connectivity index (χ0n) is 11.9. The van der Waals surface area contributed by atoms with Crippen LogP contribution in [0.3, 0.4) is 0 Å². The van der Waals surface area contributed by atoms with Crippen LogP contribution in [0.1, 0.15) is 55.2 Å². The number of hydrogen-bond acceptors (Lipinski definition) is 3. The summed E-state index contributed by atoms with van der Waals surface area (Å²) in [5.41, 5.74) is 9.32. The van der Waals surface area contributed by atoms with Gasteiger partial charge in [0.1, 0.15) is 5.82 Å². The largest absolute Gasteiger partial charge is 0.396 e. The molecule has 4 aliphatic carbocycles. The molecule has 4 fully saturated rings. The van der Waals surface area contributed by atoms with E-state index in [1.165, 1.54) is 37.8 Å². The minimum absolute atomic E-state index is 0.619. The molecular formula is C16H23N3. The Hall–Kier alpha value is -1.12. The lowest BCUT2D eigenvalue weighted by Gasteiger charge is -2.54. The second-order valence-electron chi connectivity index (χ2n) is 7.11. The smallest absolute Gasteiger partial charge is 0.125 e. The van der Waals surface area contributed by atoms with Gasteiger partial charge in [0.05, 0.1) is 17.1 Å². The van der Waals surface area contributed by atoms with Crippen molar-refractivity contribution in [3.05, 3.63) is 17.2 Å². The van der Waals surface area contributed by atoms with Crippen molar-refractivity contribution in [3.63, 3.8) is 0 Å². The van der Waals surface area contributed by atoms with E-state index in [1.807, 2.05) is 13.8 Å². The first-order chi connectivity index (χ1) is 9.11. The second kappa shape index (κ2) is 3.94. The van der Waals surface area contributed by atoms with Gasteiger partial charge in [-0.3, -0.25) is 0 Å². The summed E-state index contributed by atoms with van der Waals surface area (Å²) >= 11 is 0. The minimum atomic E-state index is 0.619. The molecule has 1 aromatic heterocycles. The summed E-state index contributed by atoms with van der Waals surface area (Å²) in [5, 5.41) is 0. The Kier molecular flexibility index (Phi) is 2.42. The predicted octanol–water partition coefficient (Wildman–Crippen LogP) is 3.22. The molecule has 0 radical (unpaired) electrons. The maximum absolute atomic E-state index is 6.31. The van der Waals surface area contributed by atoms with Gasteiger partial charge in [0.15, 0.2) is 0 Å². The third-order valence-corrected chi connectivity index (χ3v) is 5.82. The van der Waals surface area contributed by atoms with Gasteiger partial charge in [-0.25, -0.2) is 9.97 Å². The van der Waals surface area contributed by atoms with Crippen LogP contribution in [0.2, 0.25) is 0 Å². The fourth-order valence-corrected chi connectivity index (χ4v) is 5.37. The maximum Gasteiger partial charge on any atom is 0.125 e. The Morgan fingerprint density at radius 3 is 2.05 bits per heavy atom. The lowest BCUT2D eigenvalue weighted by atomic mass is 9.51. The van der Waals surface area contributed by atoms with Crippen LogP contribution in [-0.2, 0) is 0 Å². The van der Waals surface area contributed by atoms with Crippen molar-refractivity contribution in [1.82, 2.24) is 9.97 Å². The number of aryl methyl sites for hydroxylation is 2. The standard InChI is InChI=1S/C16H23N3/c1-8-15(17)16(19-9(2)18-8)14-12-4-10-3-11(6-12)7-13(14)5-10/h10-14H,3-7,17H2,1-2H3. The molecule has 3 nitrogen and oxygen atoms in total. The number of anilines is 1. The summed E-state index contributed by atoms with van der Waals surface area (Å²) in [5.74, 6) is 5.19. The Morgan fingerprint density at radius 1 is 0.895 bits per heavy atom. The molecule has 5 rings (SSSR count). The zero-order chi connectivity index (χ0) is 13.1. The van der Waals surface area contributed by atoms with Crippen molar-refractivity contribution in [2.45, 2.75) is 51.9 Å². The Morgan fingerprint density at radius 2 is 1.47 bits per heavy atom. The van der Waals surface area contributed by atoms with Crippen molar-refractivity contribution in [1.29, 1.82) is 0 Å². The van der Waals surface area contributed by atoms with Gasteiger partial charge in [-0.2, -0.15) is 0 Å². The molecule has 3 heteroatoms. The number of nitrogens with two attached hydrogens (primary N) is 1. The van der Waals surface area contributed by atoms with Crippen molar-refractivity contribution in [2.24, 2.45) is 23.7 Å². The van der Waals surface area contributed by atoms with E-state index in [1.54, 1.807) is 0 Å². The van der Waals surface area contributed by atoms with Crippen LogP contribution in [0, 0.1) is 37.5 Å². The Labute approximate surface area is 115 Å². The van der Waals surface area contributed by atoms with Crippen LogP contribution in [0.4, 0.5) is 5.69 Å². The first kappa shape index (κ1) is 11.7. The topological polar surface area (TPSA) is 51.8 Å². The third kappa shape index (κ3) is 1.70. The fourth-order valence-electron chi connectivity index (χ4n) is 5.37. The molecule has 1 aromatic rings. The van der Waals surface area contributed by atoms with Crippen LogP contribution < -0.4 is 5.73 Å².